The zero-order valence-electron chi connectivity index (χ0n) is 16.8. The van der Waals surface area contributed by atoms with E-state index in [1.807, 2.05) is 31.0 Å². The summed E-state index contributed by atoms with van der Waals surface area (Å²) < 4.78 is 13.1. The molecule has 7 nitrogen and oxygen atoms in total. The molecule has 2 rings (SSSR count). The number of ether oxygens (including phenoxy) is 2. The van der Waals surface area contributed by atoms with E-state index < -0.39 is 0 Å². The number of aromatic nitrogens is 2. The largest absolute Gasteiger partial charge is 0.491 e. The van der Waals surface area contributed by atoms with Crippen molar-refractivity contribution in [1.29, 1.82) is 0 Å². The topological polar surface area (TPSA) is 72.7 Å². The van der Waals surface area contributed by atoms with Crippen molar-refractivity contribution >= 4 is 5.96 Å². The third-order valence-corrected chi connectivity index (χ3v) is 4.05. The minimum atomic E-state index is 0.544. The van der Waals surface area contributed by atoms with Crippen molar-refractivity contribution in [3.8, 4) is 5.75 Å². The Morgan fingerprint density at radius 2 is 2.11 bits per heavy atom. The van der Waals surface area contributed by atoms with E-state index in [9.17, 15) is 0 Å². The summed E-state index contributed by atoms with van der Waals surface area (Å²) in [7, 11) is 3.70. The van der Waals surface area contributed by atoms with Gasteiger partial charge in [0.1, 0.15) is 12.4 Å². The van der Waals surface area contributed by atoms with Crippen LogP contribution in [-0.4, -0.2) is 49.2 Å². The quantitative estimate of drug-likeness (QED) is 0.379. The highest BCUT2D eigenvalue weighted by atomic mass is 16.5. The summed E-state index contributed by atoms with van der Waals surface area (Å²) >= 11 is 0. The molecule has 0 aliphatic rings. The number of benzene rings is 1. The van der Waals surface area contributed by atoms with Crippen LogP contribution in [0.5, 0.6) is 5.75 Å². The lowest BCUT2D eigenvalue weighted by Crippen LogP contribution is -2.37. The Hall–Kier alpha value is -2.54. The van der Waals surface area contributed by atoms with E-state index in [-0.39, 0.29) is 0 Å². The van der Waals surface area contributed by atoms with Gasteiger partial charge in [-0.3, -0.25) is 9.67 Å². The molecule has 0 aliphatic heterocycles. The normalized spacial score (nSPS) is 11.5. The Balaban J connectivity index is 1.83. The van der Waals surface area contributed by atoms with Crippen LogP contribution in [0.25, 0.3) is 0 Å². The van der Waals surface area contributed by atoms with Crippen LogP contribution in [-0.2, 0) is 24.8 Å². The standard InChI is InChI=1S/C20H31N5O2/c1-5-26-10-11-27-19-12-16(2)6-7-18(19)14-23-20(21-3)22-9-8-17-13-24-25(4)15-17/h6-7,12-13,15H,5,8-11,14H2,1-4H3,(H2,21,22,23). The fourth-order valence-electron chi connectivity index (χ4n) is 2.62. The molecule has 1 aromatic heterocycles. The maximum Gasteiger partial charge on any atom is 0.191 e. The van der Waals surface area contributed by atoms with Crippen LogP contribution >= 0.6 is 0 Å². The van der Waals surface area contributed by atoms with Crippen LogP contribution in [0.3, 0.4) is 0 Å². The van der Waals surface area contributed by atoms with Gasteiger partial charge in [0.05, 0.1) is 12.8 Å². The first-order chi connectivity index (χ1) is 13.1. The lowest BCUT2D eigenvalue weighted by atomic mass is 10.1. The lowest BCUT2D eigenvalue weighted by molar-refractivity contribution is 0.110. The maximum absolute atomic E-state index is 5.89. The molecule has 2 N–H and O–H groups in total. The van der Waals surface area contributed by atoms with E-state index in [1.165, 1.54) is 11.1 Å². The van der Waals surface area contributed by atoms with Crippen molar-refractivity contribution in [3.05, 3.63) is 47.3 Å². The Morgan fingerprint density at radius 1 is 1.26 bits per heavy atom. The van der Waals surface area contributed by atoms with Crippen molar-refractivity contribution in [3.63, 3.8) is 0 Å². The van der Waals surface area contributed by atoms with Gasteiger partial charge in [0.2, 0.25) is 0 Å². The van der Waals surface area contributed by atoms with E-state index in [0.717, 1.165) is 30.2 Å². The highest BCUT2D eigenvalue weighted by Crippen LogP contribution is 2.20. The maximum atomic E-state index is 5.89. The predicted molar refractivity (Wildman–Crippen MR) is 108 cm³/mol. The molecule has 0 fully saturated rings. The molecule has 0 amide bonds. The SMILES string of the molecule is CCOCCOc1cc(C)ccc1CNC(=NC)NCCc1cnn(C)c1. The molecule has 1 heterocycles. The average Bonchev–Trinajstić information content (AvgIpc) is 3.08. The lowest BCUT2D eigenvalue weighted by Gasteiger charge is -2.15. The van der Waals surface area contributed by atoms with Gasteiger partial charge in [-0.2, -0.15) is 5.10 Å². The summed E-state index contributed by atoms with van der Waals surface area (Å²) in [6.45, 7) is 7.30. The van der Waals surface area contributed by atoms with Crippen molar-refractivity contribution in [2.24, 2.45) is 12.0 Å². The number of guanidine groups is 1. The molecule has 0 bridgehead atoms. The fraction of sp³-hybridized carbons (Fsp3) is 0.500. The molecular formula is C20H31N5O2. The molecule has 0 aliphatic carbocycles. The van der Waals surface area contributed by atoms with E-state index in [1.54, 1.807) is 7.05 Å². The zero-order valence-corrected chi connectivity index (χ0v) is 16.8. The number of nitrogens with one attached hydrogen (secondary N) is 2. The minimum absolute atomic E-state index is 0.544. The Morgan fingerprint density at radius 3 is 2.81 bits per heavy atom. The second-order valence-corrected chi connectivity index (χ2v) is 6.28. The molecule has 7 heteroatoms. The molecule has 2 aromatic rings. The molecule has 27 heavy (non-hydrogen) atoms. The third kappa shape index (κ3) is 7.30. The number of hydrogen-bond donors (Lipinski definition) is 2. The van der Waals surface area contributed by atoms with Gasteiger partial charge >= 0.3 is 0 Å². The van der Waals surface area contributed by atoms with E-state index in [2.05, 4.69) is 45.8 Å². The summed E-state index contributed by atoms with van der Waals surface area (Å²) in [5.41, 5.74) is 3.46. The first-order valence-electron chi connectivity index (χ1n) is 9.34. The summed E-state index contributed by atoms with van der Waals surface area (Å²) in [5.74, 6) is 1.65. The number of aryl methyl sites for hydroxylation is 2. The molecular weight excluding hydrogens is 342 g/mol. The van der Waals surface area contributed by atoms with Gasteiger partial charge in [-0.05, 0) is 37.5 Å². The van der Waals surface area contributed by atoms with Crippen LogP contribution in [0, 0.1) is 6.92 Å². The number of aliphatic imine (C=N–C) groups is 1. The Labute approximate surface area is 161 Å². The monoisotopic (exact) mass is 373 g/mol. The van der Waals surface area contributed by atoms with Crippen molar-refractivity contribution in [2.75, 3.05) is 33.4 Å². The highest BCUT2D eigenvalue weighted by Gasteiger charge is 2.06. The number of rotatable bonds is 10. The number of hydrogen-bond acceptors (Lipinski definition) is 4. The minimum Gasteiger partial charge on any atom is -0.491 e. The van der Waals surface area contributed by atoms with Gasteiger partial charge in [0.15, 0.2) is 5.96 Å². The fourth-order valence-corrected chi connectivity index (χ4v) is 2.62. The van der Waals surface area contributed by atoms with Crippen LogP contribution < -0.4 is 15.4 Å². The second kappa shape index (κ2) is 11.2. The molecule has 0 unspecified atom stereocenters. The van der Waals surface area contributed by atoms with Gasteiger partial charge in [-0.1, -0.05) is 12.1 Å². The third-order valence-electron chi connectivity index (χ3n) is 4.05. The molecule has 0 saturated heterocycles. The van der Waals surface area contributed by atoms with Gasteiger partial charge in [-0.25, -0.2) is 0 Å². The summed E-state index contributed by atoms with van der Waals surface area (Å²) in [6, 6.07) is 6.23. The summed E-state index contributed by atoms with van der Waals surface area (Å²) in [4.78, 5) is 4.29. The van der Waals surface area contributed by atoms with Crippen molar-refractivity contribution in [1.82, 2.24) is 20.4 Å². The van der Waals surface area contributed by atoms with Gasteiger partial charge in [0.25, 0.3) is 0 Å². The molecule has 0 saturated carbocycles. The van der Waals surface area contributed by atoms with Gasteiger partial charge in [-0.15, -0.1) is 0 Å². The van der Waals surface area contributed by atoms with E-state index in [4.69, 9.17) is 9.47 Å². The van der Waals surface area contributed by atoms with Crippen LogP contribution in [0.15, 0.2) is 35.6 Å². The summed E-state index contributed by atoms with van der Waals surface area (Å²) in [5, 5.41) is 10.9. The smallest absolute Gasteiger partial charge is 0.191 e. The van der Waals surface area contributed by atoms with Gasteiger partial charge in [0, 0.05) is 45.6 Å². The summed E-state index contributed by atoms with van der Waals surface area (Å²) in [6.07, 6.45) is 4.80. The molecule has 1 aromatic carbocycles. The number of nitrogens with zero attached hydrogens (tertiary/aromatic N) is 3. The van der Waals surface area contributed by atoms with Crippen molar-refractivity contribution < 1.29 is 9.47 Å². The van der Waals surface area contributed by atoms with Crippen LogP contribution in [0.2, 0.25) is 0 Å². The van der Waals surface area contributed by atoms with Crippen LogP contribution in [0.4, 0.5) is 0 Å². The second-order valence-electron chi connectivity index (χ2n) is 6.28. The van der Waals surface area contributed by atoms with Crippen LogP contribution in [0.1, 0.15) is 23.6 Å². The van der Waals surface area contributed by atoms with E-state index in [0.29, 0.717) is 26.4 Å². The van der Waals surface area contributed by atoms with E-state index >= 15 is 0 Å². The highest BCUT2D eigenvalue weighted by molar-refractivity contribution is 5.79. The van der Waals surface area contributed by atoms with Crippen molar-refractivity contribution in [2.45, 2.75) is 26.8 Å². The van der Waals surface area contributed by atoms with Gasteiger partial charge < -0.3 is 20.1 Å². The molecule has 0 spiro atoms. The zero-order chi connectivity index (χ0) is 19.5. The predicted octanol–water partition coefficient (Wildman–Crippen LogP) is 2.05. The average molecular weight is 374 g/mol. The molecule has 0 radical (unpaired) electrons. The molecule has 148 valence electrons. The first-order valence-corrected chi connectivity index (χ1v) is 9.34. The first kappa shape index (κ1) is 20.8. The Bertz CT molecular complexity index is 727. The Kier molecular flexibility index (Phi) is 8.64. The molecule has 0 atom stereocenters.